The maximum Gasteiger partial charge on any atom is 0.337 e. The van der Waals surface area contributed by atoms with E-state index in [1.54, 1.807) is 24.3 Å². The lowest BCUT2D eigenvalue weighted by Gasteiger charge is -2.04. The van der Waals surface area contributed by atoms with E-state index in [1.807, 2.05) is 0 Å². The van der Waals surface area contributed by atoms with Gasteiger partial charge >= 0.3 is 5.97 Å². The average Bonchev–Trinajstić information content (AvgIpc) is 3.10. The van der Waals surface area contributed by atoms with Crippen LogP contribution in [0.2, 0.25) is 0 Å². The SMILES string of the molecule is COC(=O)c1ccc(OC[C@H]2CO2)cc1. The standard InChI is InChI=1S/C11H12O4/c1-13-11(12)8-2-4-9(5-3-8)14-6-10-7-15-10/h2-5,10H,6-7H2,1H3/t10-/m0/s1. The van der Waals surface area contributed by atoms with Crippen molar-refractivity contribution in [3.63, 3.8) is 0 Å². The van der Waals surface area contributed by atoms with Crippen LogP contribution >= 0.6 is 0 Å². The van der Waals surface area contributed by atoms with E-state index in [9.17, 15) is 4.79 Å². The number of benzene rings is 1. The fourth-order valence-corrected chi connectivity index (χ4v) is 1.16. The van der Waals surface area contributed by atoms with Crippen LogP contribution in [-0.4, -0.2) is 32.4 Å². The summed E-state index contributed by atoms with van der Waals surface area (Å²) in [6.45, 7) is 1.35. The highest BCUT2D eigenvalue weighted by molar-refractivity contribution is 5.89. The van der Waals surface area contributed by atoms with Gasteiger partial charge < -0.3 is 14.2 Å². The predicted molar refractivity (Wildman–Crippen MR) is 53.0 cm³/mol. The van der Waals surface area contributed by atoms with Crippen LogP contribution in [0.3, 0.4) is 0 Å². The summed E-state index contributed by atoms with van der Waals surface area (Å²) in [6, 6.07) is 6.84. The van der Waals surface area contributed by atoms with Gasteiger partial charge in [-0.15, -0.1) is 0 Å². The molecule has 1 atom stereocenters. The number of hydrogen-bond donors (Lipinski definition) is 0. The molecule has 1 saturated heterocycles. The molecule has 80 valence electrons. The molecular weight excluding hydrogens is 196 g/mol. The number of carbonyl (C=O) groups excluding carboxylic acids is 1. The smallest absolute Gasteiger partial charge is 0.337 e. The molecule has 2 rings (SSSR count). The molecule has 0 bridgehead atoms. The first-order valence-corrected chi connectivity index (χ1v) is 4.72. The van der Waals surface area contributed by atoms with Crippen molar-refractivity contribution in [1.29, 1.82) is 0 Å². The maximum atomic E-state index is 11.1. The number of epoxide rings is 1. The molecule has 1 aliphatic rings. The Bertz CT molecular complexity index is 340. The van der Waals surface area contributed by atoms with E-state index in [0.29, 0.717) is 12.2 Å². The Morgan fingerprint density at radius 3 is 2.67 bits per heavy atom. The van der Waals surface area contributed by atoms with Crippen LogP contribution in [0.15, 0.2) is 24.3 Å². The van der Waals surface area contributed by atoms with Crippen LogP contribution in [0.1, 0.15) is 10.4 Å². The average molecular weight is 208 g/mol. The summed E-state index contributed by atoms with van der Waals surface area (Å²) in [5.74, 6) is 0.394. The lowest BCUT2D eigenvalue weighted by molar-refractivity contribution is 0.0600. The quantitative estimate of drug-likeness (QED) is 0.552. The molecule has 1 aromatic rings. The molecule has 0 radical (unpaired) electrons. The van der Waals surface area contributed by atoms with Crippen LogP contribution in [-0.2, 0) is 9.47 Å². The van der Waals surface area contributed by atoms with Crippen molar-refractivity contribution in [2.45, 2.75) is 6.10 Å². The van der Waals surface area contributed by atoms with E-state index in [-0.39, 0.29) is 12.1 Å². The first-order chi connectivity index (χ1) is 7.29. The summed E-state index contributed by atoms with van der Waals surface area (Å²) in [5.41, 5.74) is 0.521. The topological polar surface area (TPSA) is 48.1 Å². The highest BCUT2D eigenvalue weighted by Gasteiger charge is 2.22. The van der Waals surface area contributed by atoms with Gasteiger partial charge in [0.1, 0.15) is 18.5 Å². The molecule has 1 aliphatic heterocycles. The third kappa shape index (κ3) is 2.70. The van der Waals surface area contributed by atoms with Crippen molar-refractivity contribution in [3.8, 4) is 5.75 Å². The zero-order valence-electron chi connectivity index (χ0n) is 8.43. The first-order valence-electron chi connectivity index (χ1n) is 4.72. The molecular formula is C11H12O4. The summed E-state index contributed by atoms with van der Waals surface area (Å²) in [6.07, 6.45) is 0.241. The van der Waals surface area contributed by atoms with Gasteiger partial charge in [-0.2, -0.15) is 0 Å². The van der Waals surface area contributed by atoms with Crippen LogP contribution in [0.4, 0.5) is 0 Å². The zero-order valence-corrected chi connectivity index (χ0v) is 8.43. The third-order valence-corrected chi connectivity index (χ3v) is 2.11. The second-order valence-corrected chi connectivity index (χ2v) is 3.28. The Balaban J connectivity index is 1.93. The van der Waals surface area contributed by atoms with Crippen molar-refractivity contribution >= 4 is 5.97 Å². The summed E-state index contributed by atoms with van der Waals surface area (Å²) in [7, 11) is 1.36. The number of methoxy groups -OCH3 is 1. The van der Waals surface area contributed by atoms with E-state index in [1.165, 1.54) is 7.11 Å². The molecule has 1 aromatic carbocycles. The van der Waals surface area contributed by atoms with Gasteiger partial charge in [-0.25, -0.2) is 4.79 Å². The van der Waals surface area contributed by atoms with E-state index in [0.717, 1.165) is 12.4 Å². The second kappa shape index (κ2) is 4.31. The lowest BCUT2D eigenvalue weighted by atomic mass is 10.2. The van der Waals surface area contributed by atoms with Gasteiger partial charge in [-0.3, -0.25) is 0 Å². The van der Waals surface area contributed by atoms with Gasteiger partial charge in [0.15, 0.2) is 0 Å². The van der Waals surface area contributed by atoms with Gasteiger partial charge in [0.2, 0.25) is 0 Å². The Morgan fingerprint density at radius 2 is 2.13 bits per heavy atom. The Morgan fingerprint density at radius 1 is 1.47 bits per heavy atom. The normalized spacial score (nSPS) is 18.3. The molecule has 15 heavy (non-hydrogen) atoms. The highest BCUT2D eigenvalue weighted by Crippen LogP contribution is 2.16. The van der Waals surface area contributed by atoms with Crippen LogP contribution in [0.5, 0.6) is 5.75 Å². The molecule has 1 fully saturated rings. The van der Waals surface area contributed by atoms with Crippen molar-refractivity contribution < 1.29 is 19.0 Å². The van der Waals surface area contributed by atoms with Gasteiger partial charge in [0.25, 0.3) is 0 Å². The number of hydrogen-bond acceptors (Lipinski definition) is 4. The summed E-state index contributed by atoms with van der Waals surface area (Å²) in [4.78, 5) is 11.1. The van der Waals surface area contributed by atoms with E-state index >= 15 is 0 Å². The monoisotopic (exact) mass is 208 g/mol. The van der Waals surface area contributed by atoms with E-state index < -0.39 is 0 Å². The minimum atomic E-state index is -0.341. The Hall–Kier alpha value is -1.55. The third-order valence-electron chi connectivity index (χ3n) is 2.11. The molecule has 0 spiro atoms. The van der Waals surface area contributed by atoms with Crippen LogP contribution in [0, 0.1) is 0 Å². The fraction of sp³-hybridized carbons (Fsp3) is 0.364. The van der Waals surface area contributed by atoms with Crippen molar-refractivity contribution in [1.82, 2.24) is 0 Å². The van der Waals surface area contributed by atoms with Crippen LogP contribution in [0.25, 0.3) is 0 Å². The Kier molecular flexibility index (Phi) is 2.87. The minimum Gasteiger partial charge on any atom is -0.491 e. The maximum absolute atomic E-state index is 11.1. The highest BCUT2D eigenvalue weighted by atomic mass is 16.6. The molecule has 4 heteroatoms. The molecule has 0 amide bonds. The zero-order chi connectivity index (χ0) is 10.7. The molecule has 0 aliphatic carbocycles. The van der Waals surface area contributed by atoms with E-state index in [4.69, 9.17) is 9.47 Å². The molecule has 0 unspecified atom stereocenters. The number of ether oxygens (including phenoxy) is 3. The van der Waals surface area contributed by atoms with Crippen molar-refractivity contribution in [3.05, 3.63) is 29.8 Å². The van der Waals surface area contributed by atoms with Gasteiger partial charge in [0, 0.05) is 0 Å². The van der Waals surface area contributed by atoms with Crippen molar-refractivity contribution in [2.75, 3.05) is 20.3 Å². The van der Waals surface area contributed by atoms with Crippen LogP contribution < -0.4 is 4.74 Å². The fourth-order valence-electron chi connectivity index (χ4n) is 1.16. The van der Waals surface area contributed by atoms with Gasteiger partial charge in [0.05, 0.1) is 19.3 Å². The molecule has 0 saturated carbocycles. The molecule has 0 N–H and O–H groups in total. The van der Waals surface area contributed by atoms with Crippen molar-refractivity contribution in [2.24, 2.45) is 0 Å². The minimum absolute atomic E-state index is 0.241. The number of esters is 1. The molecule has 0 aromatic heterocycles. The summed E-state index contributed by atoms with van der Waals surface area (Å²) in [5, 5.41) is 0. The molecule has 4 nitrogen and oxygen atoms in total. The van der Waals surface area contributed by atoms with Gasteiger partial charge in [-0.1, -0.05) is 0 Å². The van der Waals surface area contributed by atoms with E-state index in [2.05, 4.69) is 4.74 Å². The summed E-state index contributed by atoms with van der Waals surface area (Å²) >= 11 is 0. The predicted octanol–water partition coefficient (Wildman–Crippen LogP) is 1.25. The largest absolute Gasteiger partial charge is 0.491 e. The second-order valence-electron chi connectivity index (χ2n) is 3.28. The van der Waals surface area contributed by atoms with Gasteiger partial charge in [-0.05, 0) is 24.3 Å². The number of carbonyl (C=O) groups is 1. The Labute approximate surface area is 87.8 Å². The first kappa shape index (κ1) is 9.98. The lowest BCUT2D eigenvalue weighted by Crippen LogP contribution is -2.05. The number of rotatable bonds is 4. The molecule has 1 heterocycles. The summed E-state index contributed by atoms with van der Waals surface area (Å²) < 4.78 is 15.0.